The molecule has 0 aromatic carbocycles. The highest BCUT2D eigenvalue weighted by molar-refractivity contribution is 5.86. The van der Waals surface area contributed by atoms with E-state index in [0.29, 0.717) is 0 Å². The molecule has 12 heavy (non-hydrogen) atoms. The van der Waals surface area contributed by atoms with E-state index in [1.54, 1.807) is 0 Å². The minimum Gasteiger partial charge on any atom is -0.315 e. The van der Waals surface area contributed by atoms with Gasteiger partial charge in [0.2, 0.25) is 5.91 Å². The lowest BCUT2D eigenvalue weighted by Crippen LogP contribution is -2.27. The molecule has 0 aliphatic rings. The number of likely N-dealkylation sites (N-methyl/N-ethyl adjacent to an activating group) is 1. The molecule has 0 heterocycles. The third-order valence-corrected chi connectivity index (χ3v) is 0.973. The van der Waals surface area contributed by atoms with Crippen molar-refractivity contribution < 1.29 is 19.4 Å². The molecule has 0 saturated carbocycles. The molecule has 1 amide bonds. The summed E-state index contributed by atoms with van der Waals surface area (Å²) in [5.41, 5.74) is 0. The summed E-state index contributed by atoms with van der Waals surface area (Å²) in [4.78, 5) is 30.7. The summed E-state index contributed by atoms with van der Waals surface area (Å²) in [7, 11) is 1.49. The van der Waals surface area contributed by atoms with Gasteiger partial charge in [-0.2, -0.15) is 4.89 Å². The summed E-state index contributed by atoms with van der Waals surface area (Å²) >= 11 is 0. The smallest absolute Gasteiger partial charge is 0.315 e. The molecule has 0 rings (SSSR count). The van der Waals surface area contributed by atoms with E-state index in [1.165, 1.54) is 18.9 Å². The van der Waals surface area contributed by atoms with Crippen molar-refractivity contribution >= 4 is 11.9 Å². The number of hydrogen-bond acceptors (Lipinski definition) is 4. The van der Waals surface area contributed by atoms with Crippen LogP contribution in [-0.4, -0.2) is 30.6 Å². The maximum absolute atomic E-state index is 10.8. The standard InChI is InChI=1S/C7H11NO4/c1-4-7(10)8(3)5-11-12-6(2)9/h4H,1,5H2,2-3H3. The average molecular weight is 173 g/mol. The van der Waals surface area contributed by atoms with Gasteiger partial charge in [0.1, 0.15) is 0 Å². The maximum Gasteiger partial charge on any atom is 0.339 e. The number of carbonyl (C=O) groups excluding carboxylic acids is 2. The van der Waals surface area contributed by atoms with E-state index in [2.05, 4.69) is 16.4 Å². The van der Waals surface area contributed by atoms with Crippen LogP contribution in [0.4, 0.5) is 0 Å². The Morgan fingerprint density at radius 1 is 1.58 bits per heavy atom. The lowest BCUT2D eigenvalue weighted by Gasteiger charge is -2.12. The van der Waals surface area contributed by atoms with E-state index >= 15 is 0 Å². The van der Waals surface area contributed by atoms with Crippen molar-refractivity contribution in [2.45, 2.75) is 6.92 Å². The largest absolute Gasteiger partial charge is 0.339 e. The Bertz CT molecular complexity index is 190. The summed E-state index contributed by atoms with van der Waals surface area (Å²) in [5, 5.41) is 0. The Hall–Kier alpha value is -1.36. The molecule has 0 aromatic heterocycles. The molecule has 0 aromatic rings. The first-order chi connectivity index (χ1) is 5.57. The van der Waals surface area contributed by atoms with Crippen LogP contribution in [0, 0.1) is 0 Å². The molecule has 0 spiro atoms. The van der Waals surface area contributed by atoms with Crippen LogP contribution in [0.1, 0.15) is 6.92 Å². The summed E-state index contributed by atoms with van der Waals surface area (Å²) < 4.78 is 0. The first-order valence-electron chi connectivity index (χ1n) is 3.25. The van der Waals surface area contributed by atoms with Crippen LogP contribution in [0.3, 0.4) is 0 Å². The fourth-order valence-corrected chi connectivity index (χ4v) is 0.408. The van der Waals surface area contributed by atoms with Gasteiger partial charge >= 0.3 is 5.97 Å². The van der Waals surface area contributed by atoms with Gasteiger partial charge < -0.3 is 4.90 Å². The van der Waals surface area contributed by atoms with Crippen molar-refractivity contribution in [3.63, 3.8) is 0 Å². The Balaban J connectivity index is 3.56. The Kier molecular flexibility index (Phi) is 4.71. The molecule has 0 atom stereocenters. The van der Waals surface area contributed by atoms with Gasteiger partial charge in [0, 0.05) is 14.0 Å². The van der Waals surface area contributed by atoms with E-state index in [0.717, 1.165) is 6.08 Å². The van der Waals surface area contributed by atoms with Crippen molar-refractivity contribution in [2.24, 2.45) is 0 Å². The molecule has 0 radical (unpaired) electrons. The third kappa shape index (κ3) is 4.45. The Labute approximate surface area is 70.5 Å². The van der Waals surface area contributed by atoms with E-state index < -0.39 is 5.97 Å². The predicted molar refractivity (Wildman–Crippen MR) is 40.7 cm³/mol. The van der Waals surface area contributed by atoms with Gasteiger partial charge in [0.05, 0.1) is 0 Å². The van der Waals surface area contributed by atoms with Crippen LogP contribution < -0.4 is 0 Å². The van der Waals surface area contributed by atoms with E-state index in [1.807, 2.05) is 0 Å². The quantitative estimate of drug-likeness (QED) is 0.261. The lowest BCUT2D eigenvalue weighted by molar-refractivity contribution is -0.284. The highest BCUT2D eigenvalue weighted by Gasteiger charge is 2.04. The lowest BCUT2D eigenvalue weighted by atomic mass is 10.5. The monoisotopic (exact) mass is 173 g/mol. The van der Waals surface area contributed by atoms with Gasteiger partial charge in [0.25, 0.3) is 0 Å². The maximum atomic E-state index is 10.8. The summed E-state index contributed by atoms with van der Waals surface area (Å²) in [6.45, 7) is 4.37. The number of nitrogens with zero attached hydrogens (tertiary/aromatic N) is 1. The molecular weight excluding hydrogens is 162 g/mol. The van der Waals surface area contributed by atoms with Crippen LogP contribution in [-0.2, 0) is 19.4 Å². The zero-order valence-corrected chi connectivity index (χ0v) is 7.07. The third-order valence-electron chi connectivity index (χ3n) is 0.973. The SMILES string of the molecule is C=CC(=O)N(C)COOC(C)=O. The van der Waals surface area contributed by atoms with E-state index in [9.17, 15) is 9.59 Å². The second-order valence-corrected chi connectivity index (χ2v) is 2.06. The molecule has 0 saturated heterocycles. The number of amides is 1. The highest BCUT2D eigenvalue weighted by atomic mass is 17.2. The van der Waals surface area contributed by atoms with Crippen molar-refractivity contribution in [2.75, 3.05) is 13.8 Å². The highest BCUT2D eigenvalue weighted by Crippen LogP contribution is 1.87. The second kappa shape index (κ2) is 5.31. The van der Waals surface area contributed by atoms with Crippen molar-refractivity contribution in [1.82, 2.24) is 4.90 Å². The Morgan fingerprint density at radius 3 is 2.58 bits per heavy atom. The van der Waals surface area contributed by atoms with Crippen LogP contribution in [0.15, 0.2) is 12.7 Å². The Morgan fingerprint density at radius 2 is 2.17 bits per heavy atom. The van der Waals surface area contributed by atoms with Gasteiger partial charge in [-0.3, -0.25) is 9.68 Å². The fraction of sp³-hybridized carbons (Fsp3) is 0.429. The van der Waals surface area contributed by atoms with Gasteiger partial charge in [-0.05, 0) is 6.08 Å². The molecule has 0 unspecified atom stereocenters. The molecule has 0 aliphatic carbocycles. The van der Waals surface area contributed by atoms with Gasteiger partial charge in [-0.25, -0.2) is 4.79 Å². The van der Waals surface area contributed by atoms with Crippen molar-refractivity contribution in [3.05, 3.63) is 12.7 Å². The first kappa shape index (κ1) is 10.6. The molecule has 0 aliphatic heterocycles. The number of hydrogen-bond donors (Lipinski definition) is 0. The van der Waals surface area contributed by atoms with E-state index in [-0.39, 0.29) is 12.6 Å². The van der Waals surface area contributed by atoms with Crippen molar-refractivity contribution in [1.29, 1.82) is 0 Å². The minimum absolute atomic E-state index is 0.107. The summed E-state index contributed by atoms with van der Waals surface area (Å²) in [5.74, 6) is -0.864. The van der Waals surface area contributed by atoms with Gasteiger partial charge in [-0.1, -0.05) is 6.58 Å². The molecule has 0 fully saturated rings. The van der Waals surface area contributed by atoms with Crippen molar-refractivity contribution in [3.8, 4) is 0 Å². The van der Waals surface area contributed by atoms with Gasteiger partial charge in [-0.15, -0.1) is 0 Å². The van der Waals surface area contributed by atoms with Gasteiger partial charge in [0.15, 0.2) is 6.73 Å². The molecule has 68 valence electrons. The zero-order chi connectivity index (χ0) is 9.56. The predicted octanol–water partition coefficient (Wildman–Crippen LogP) is 0.0830. The molecule has 0 bridgehead atoms. The summed E-state index contributed by atoms with van der Waals surface area (Å²) in [6, 6.07) is 0. The zero-order valence-electron chi connectivity index (χ0n) is 7.07. The summed E-state index contributed by atoms with van der Waals surface area (Å²) in [6.07, 6.45) is 1.14. The normalized spacial score (nSPS) is 8.83. The molecular formula is C7H11NO4. The van der Waals surface area contributed by atoms with Crippen LogP contribution in [0.25, 0.3) is 0 Å². The molecule has 5 nitrogen and oxygen atoms in total. The molecule has 5 heteroatoms. The van der Waals surface area contributed by atoms with Crippen LogP contribution >= 0.6 is 0 Å². The van der Waals surface area contributed by atoms with E-state index in [4.69, 9.17) is 0 Å². The fourth-order valence-electron chi connectivity index (χ4n) is 0.408. The second-order valence-electron chi connectivity index (χ2n) is 2.06. The van der Waals surface area contributed by atoms with Crippen LogP contribution in [0.5, 0.6) is 0 Å². The minimum atomic E-state index is -0.561. The average Bonchev–Trinajstić information content (AvgIpc) is 2.02. The topological polar surface area (TPSA) is 55.8 Å². The van der Waals surface area contributed by atoms with Crippen LogP contribution in [0.2, 0.25) is 0 Å². The number of rotatable bonds is 4. The molecule has 0 N–H and O–H groups in total. The first-order valence-corrected chi connectivity index (χ1v) is 3.25. The number of carbonyl (C=O) groups is 2.